The summed E-state index contributed by atoms with van der Waals surface area (Å²) in [5.74, 6) is -0.281. The Hall–Kier alpha value is -3.18. The van der Waals surface area contributed by atoms with Crippen molar-refractivity contribution in [3.63, 3.8) is 0 Å². The van der Waals surface area contributed by atoms with Gasteiger partial charge in [0.15, 0.2) is 0 Å². The van der Waals surface area contributed by atoms with Crippen molar-refractivity contribution in [1.29, 1.82) is 10.5 Å². The van der Waals surface area contributed by atoms with E-state index in [9.17, 15) is 4.79 Å². The lowest BCUT2D eigenvalue weighted by molar-refractivity contribution is 0.102. The molecule has 0 bridgehead atoms. The Balaban J connectivity index is 2.13. The van der Waals surface area contributed by atoms with E-state index in [2.05, 4.69) is 10.3 Å². The number of anilines is 1. The number of rotatable bonds is 3. The molecule has 2 aromatic rings. The molecule has 0 aliphatic rings. The van der Waals surface area contributed by atoms with Crippen molar-refractivity contribution in [3.05, 3.63) is 59.4 Å². The van der Waals surface area contributed by atoms with Crippen molar-refractivity contribution in [2.75, 3.05) is 5.32 Å². The van der Waals surface area contributed by atoms with Crippen LogP contribution in [-0.4, -0.2) is 10.9 Å². The van der Waals surface area contributed by atoms with Crippen LogP contribution in [-0.2, 0) is 6.42 Å². The van der Waals surface area contributed by atoms with Gasteiger partial charge in [-0.25, -0.2) is 0 Å². The average Bonchev–Trinajstić information content (AvgIpc) is 2.48. The van der Waals surface area contributed by atoms with Gasteiger partial charge in [0.25, 0.3) is 5.91 Å². The van der Waals surface area contributed by atoms with Gasteiger partial charge in [-0.05, 0) is 36.4 Å². The number of aromatic nitrogens is 1. The second kappa shape index (κ2) is 6.12. The highest BCUT2D eigenvalue weighted by Crippen LogP contribution is 2.11. The summed E-state index contributed by atoms with van der Waals surface area (Å²) in [5.41, 5.74) is 2.13. The lowest BCUT2D eigenvalue weighted by Crippen LogP contribution is -2.12. The van der Waals surface area contributed by atoms with Crippen LogP contribution in [0, 0.1) is 22.7 Å². The summed E-state index contributed by atoms with van der Waals surface area (Å²) in [6, 6.07) is 13.7. The fraction of sp³-hybridized carbons (Fsp3) is 0.0667. The molecule has 0 fully saturated rings. The van der Waals surface area contributed by atoms with Crippen LogP contribution < -0.4 is 5.32 Å². The molecule has 0 spiro atoms. The molecule has 20 heavy (non-hydrogen) atoms. The first-order valence-corrected chi connectivity index (χ1v) is 5.86. The minimum absolute atomic E-state index is 0.165. The molecule has 1 aromatic heterocycles. The number of nitrogens with zero attached hydrogens (tertiary/aromatic N) is 3. The number of hydrogen-bond acceptors (Lipinski definition) is 4. The number of carbonyl (C=O) groups is 1. The van der Waals surface area contributed by atoms with Gasteiger partial charge < -0.3 is 5.32 Å². The number of benzene rings is 1. The third kappa shape index (κ3) is 3.18. The Morgan fingerprint density at radius 1 is 1.20 bits per heavy atom. The second-order valence-electron chi connectivity index (χ2n) is 4.01. The average molecular weight is 262 g/mol. The first kappa shape index (κ1) is 13.3. The van der Waals surface area contributed by atoms with Gasteiger partial charge in [-0.3, -0.25) is 9.78 Å². The third-order valence-electron chi connectivity index (χ3n) is 2.61. The predicted molar refractivity (Wildman–Crippen MR) is 72.7 cm³/mol. The van der Waals surface area contributed by atoms with E-state index in [1.54, 1.807) is 36.4 Å². The first-order valence-electron chi connectivity index (χ1n) is 5.86. The molecule has 0 saturated heterocycles. The molecular weight excluding hydrogens is 252 g/mol. The highest BCUT2D eigenvalue weighted by atomic mass is 16.1. The molecule has 5 heteroatoms. The molecule has 0 aliphatic heterocycles. The number of pyridine rings is 1. The Morgan fingerprint density at radius 2 is 1.95 bits per heavy atom. The summed E-state index contributed by atoms with van der Waals surface area (Å²) < 4.78 is 0. The Labute approximate surface area is 116 Å². The fourth-order valence-electron chi connectivity index (χ4n) is 1.63. The molecule has 0 saturated carbocycles. The summed E-state index contributed by atoms with van der Waals surface area (Å²) in [6.07, 6.45) is 1.67. The van der Waals surface area contributed by atoms with Gasteiger partial charge in [0.1, 0.15) is 0 Å². The third-order valence-corrected chi connectivity index (χ3v) is 2.61. The Bertz CT molecular complexity index is 708. The molecule has 2 rings (SSSR count). The summed E-state index contributed by atoms with van der Waals surface area (Å²) >= 11 is 0. The zero-order valence-corrected chi connectivity index (χ0v) is 10.5. The highest BCUT2D eigenvalue weighted by molar-refractivity contribution is 6.04. The number of amides is 1. The second-order valence-corrected chi connectivity index (χ2v) is 4.01. The van der Waals surface area contributed by atoms with E-state index >= 15 is 0 Å². The highest BCUT2D eigenvalue weighted by Gasteiger charge is 2.07. The SMILES string of the molecule is N#CCc1cc(C(=O)Nc2ccc(C#N)cc2)ccn1. The molecule has 1 N–H and O–H groups in total. The number of nitrogens with one attached hydrogen (secondary N) is 1. The van der Waals surface area contributed by atoms with Crippen LogP contribution in [0.5, 0.6) is 0 Å². The normalized spacial score (nSPS) is 9.30. The number of nitriles is 2. The van der Waals surface area contributed by atoms with Crippen molar-refractivity contribution in [1.82, 2.24) is 4.98 Å². The van der Waals surface area contributed by atoms with Crippen LogP contribution >= 0.6 is 0 Å². The van der Waals surface area contributed by atoms with Crippen LogP contribution in [0.3, 0.4) is 0 Å². The van der Waals surface area contributed by atoms with Crippen molar-refractivity contribution in [3.8, 4) is 12.1 Å². The monoisotopic (exact) mass is 262 g/mol. The van der Waals surface area contributed by atoms with Crippen molar-refractivity contribution in [2.24, 2.45) is 0 Å². The van der Waals surface area contributed by atoms with E-state index in [1.165, 1.54) is 6.20 Å². The van der Waals surface area contributed by atoms with Gasteiger partial charge in [-0.2, -0.15) is 10.5 Å². The zero-order chi connectivity index (χ0) is 14.4. The van der Waals surface area contributed by atoms with Gasteiger partial charge >= 0.3 is 0 Å². The van der Waals surface area contributed by atoms with Gasteiger partial charge in [0.05, 0.1) is 29.8 Å². The molecule has 1 amide bonds. The molecule has 1 heterocycles. The Morgan fingerprint density at radius 3 is 2.60 bits per heavy atom. The molecular formula is C15H10N4O. The van der Waals surface area contributed by atoms with Crippen LogP contribution in [0.4, 0.5) is 5.69 Å². The molecule has 0 aliphatic carbocycles. The van der Waals surface area contributed by atoms with E-state index in [1.807, 2.05) is 12.1 Å². The maximum Gasteiger partial charge on any atom is 0.255 e. The standard InChI is InChI=1S/C15H10N4O/c16-7-5-14-9-12(6-8-18-14)15(20)19-13-3-1-11(10-17)2-4-13/h1-4,6,8-9H,5H2,(H,19,20). The van der Waals surface area contributed by atoms with Crippen LogP contribution in [0.25, 0.3) is 0 Å². The zero-order valence-electron chi connectivity index (χ0n) is 10.5. The minimum Gasteiger partial charge on any atom is -0.322 e. The minimum atomic E-state index is -0.281. The van der Waals surface area contributed by atoms with E-state index in [4.69, 9.17) is 10.5 Å². The maximum absolute atomic E-state index is 12.0. The van der Waals surface area contributed by atoms with Crippen LogP contribution in [0.2, 0.25) is 0 Å². The smallest absolute Gasteiger partial charge is 0.255 e. The van der Waals surface area contributed by atoms with Crippen LogP contribution in [0.15, 0.2) is 42.6 Å². The summed E-state index contributed by atoms with van der Waals surface area (Å²) in [6.45, 7) is 0. The quantitative estimate of drug-likeness (QED) is 0.918. The summed E-state index contributed by atoms with van der Waals surface area (Å²) in [7, 11) is 0. The number of carbonyl (C=O) groups excluding carboxylic acids is 1. The van der Waals surface area contributed by atoms with Gasteiger partial charge in [-0.15, -0.1) is 0 Å². The van der Waals surface area contributed by atoms with Gasteiger partial charge in [0, 0.05) is 17.4 Å². The molecule has 0 radical (unpaired) electrons. The molecule has 0 atom stereocenters. The Kier molecular flexibility index (Phi) is 4.06. The lowest BCUT2D eigenvalue weighted by Gasteiger charge is -2.05. The molecule has 96 valence electrons. The lowest BCUT2D eigenvalue weighted by atomic mass is 10.1. The predicted octanol–water partition coefficient (Wildman–Crippen LogP) is 2.27. The summed E-state index contributed by atoms with van der Waals surface area (Å²) in [4.78, 5) is 16.0. The van der Waals surface area contributed by atoms with Crippen molar-refractivity contribution in [2.45, 2.75) is 6.42 Å². The summed E-state index contributed by atoms with van der Waals surface area (Å²) in [5, 5.41) is 20.0. The van der Waals surface area contributed by atoms with E-state index < -0.39 is 0 Å². The topological polar surface area (TPSA) is 89.6 Å². The largest absolute Gasteiger partial charge is 0.322 e. The molecule has 1 aromatic carbocycles. The fourth-order valence-corrected chi connectivity index (χ4v) is 1.63. The maximum atomic E-state index is 12.0. The van der Waals surface area contributed by atoms with Gasteiger partial charge in [-0.1, -0.05) is 0 Å². The van der Waals surface area contributed by atoms with E-state index in [-0.39, 0.29) is 12.3 Å². The van der Waals surface area contributed by atoms with E-state index in [0.717, 1.165) is 0 Å². The van der Waals surface area contributed by atoms with Crippen molar-refractivity contribution >= 4 is 11.6 Å². The molecule has 5 nitrogen and oxygen atoms in total. The number of hydrogen-bond donors (Lipinski definition) is 1. The van der Waals surface area contributed by atoms with E-state index in [0.29, 0.717) is 22.5 Å². The molecule has 0 unspecified atom stereocenters. The van der Waals surface area contributed by atoms with Crippen molar-refractivity contribution < 1.29 is 4.79 Å². The van der Waals surface area contributed by atoms with Crippen LogP contribution in [0.1, 0.15) is 21.6 Å². The van der Waals surface area contributed by atoms with Gasteiger partial charge in [0.2, 0.25) is 0 Å². The first-order chi connectivity index (χ1) is 9.72.